The average Bonchev–Trinajstić information content (AvgIpc) is 2.54. The maximum atomic E-state index is 11.2. The Labute approximate surface area is 156 Å². The van der Waals surface area contributed by atoms with E-state index in [2.05, 4.69) is 5.73 Å². The minimum atomic E-state index is -0.962. The number of hydrogen-bond acceptors (Lipinski definition) is 7. The Morgan fingerprint density at radius 2 is 1.04 bits per heavy atom. The van der Waals surface area contributed by atoms with Gasteiger partial charge in [-0.25, -0.2) is 0 Å². The average molecular weight is 398 g/mol. The van der Waals surface area contributed by atoms with Gasteiger partial charge in [0.15, 0.2) is 10.2 Å². The van der Waals surface area contributed by atoms with Gasteiger partial charge in [-0.2, -0.15) is 0 Å². The van der Waals surface area contributed by atoms with Crippen LogP contribution in [0.2, 0.25) is 0 Å². The molecule has 146 valence electrons. The molecule has 0 radical (unpaired) electrons. The number of carboxylic acid groups (broad SMARTS) is 2. The van der Waals surface area contributed by atoms with Gasteiger partial charge in [0.25, 0.3) is 0 Å². The molecule has 0 unspecified atom stereocenters. The summed E-state index contributed by atoms with van der Waals surface area (Å²) in [7, 11) is 0. The van der Waals surface area contributed by atoms with Crippen molar-refractivity contribution < 1.29 is 34.2 Å². The molecule has 0 aromatic carbocycles. The van der Waals surface area contributed by atoms with Gasteiger partial charge in [0, 0.05) is 30.8 Å². The molecule has 10 heteroatoms. The van der Waals surface area contributed by atoms with E-state index in [-0.39, 0.29) is 53.3 Å². The van der Waals surface area contributed by atoms with Crippen LogP contribution in [0.3, 0.4) is 0 Å². The van der Waals surface area contributed by atoms with Crippen LogP contribution in [0.15, 0.2) is 0 Å². The van der Waals surface area contributed by atoms with E-state index in [0.29, 0.717) is 6.42 Å². The van der Waals surface area contributed by atoms with Crippen LogP contribution in [0.5, 0.6) is 0 Å². The first-order valence-electron chi connectivity index (χ1n) is 7.72. The Morgan fingerprint density at radius 1 is 0.760 bits per heavy atom. The lowest BCUT2D eigenvalue weighted by molar-refractivity contribution is -0.137. The number of rotatable bonds is 10. The summed E-state index contributed by atoms with van der Waals surface area (Å²) in [6.45, 7) is 5.72. The third-order valence-electron chi connectivity index (χ3n) is 2.04. The lowest BCUT2D eigenvalue weighted by Crippen LogP contribution is -2.06. The molecule has 25 heavy (non-hydrogen) atoms. The predicted molar refractivity (Wildman–Crippen MR) is 99.5 cm³/mol. The topological polar surface area (TPSA) is 152 Å². The number of hydrogen-bond donors (Lipinski definition) is 3. The van der Waals surface area contributed by atoms with Gasteiger partial charge in [-0.3, -0.25) is 24.0 Å². The van der Waals surface area contributed by atoms with Gasteiger partial charge in [-0.05, 0) is 0 Å². The normalized spacial score (nSPS) is 8.92. The Bertz CT molecular complexity index is 396. The highest BCUT2D eigenvalue weighted by molar-refractivity contribution is 8.14. The summed E-state index contributed by atoms with van der Waals surface area (Å²) in [6, 6.07) is 0. The first kappa shape index (κ1) is 28.3. The molecule has 0 aliphatic rings. The fourth-order valence-corrected chi connectivity index (χ4v) is 2.35. The van der Waals surface area contributed by atoms with E-state index in [4.69, 9.17) is 10.2 Å². The quantitative estimate of drug-likeness (QED) is 0.503. The largest absolute Gasteiger partial charge is 0.481 e. The van der Waals surface area contributed by atoms with Gasteiger partial charge in [-0.1, -0.05) is 44.3 Å². The number of carbonyl (C=O) groups is 5. The third kappa shape index (κ3) is 30.8. The Hall–Kier alpha value is -1.55. The minimum Gasteiger partial charge on any atom is -0.481 e. The van der Waals surface area contributed by atoms with Crippen molar-refractivity contribution in [3.63, 3.8) is 0 Å². The summed E-state index contributed by atoms with van der Waals surface area (Å²) in [5, 5.41) is 16.3. The molecule has 4 N–H and O–H groups in total. The molecule has 0 saturated heterocycles. The Balaban J connectivity index is -0.000000588. The van der Waals surface area contributed by atoms with E-state index in [1.165, 1.54) is 0 Å². The molecule has 0 atom stereocenters. The van der Waals surface area contributed by atoms with Crippen molar-refractivity contribution >= 4 is 51.6 Å². The van der Waals surface area contributed by atoms with Crippen LogP contribution < -0.4 is 5.73 Å². The van der Waals surface area contributed by atoms with Crippen molar-refractivity contribution in [2.24, 2.45) is 5.73 Å². The number of thioether (sulfide) groups is 2. The van der Waals surface area contributed by atoms with Gasteiger partial charge in [0.2, 0.25) is 5.91 Å². The van der Waals surface area contributed by atoms with E-state index < -0.39 is 11.9 Å². The summed E-state index contributed by atoms with van der Waals surface area (Å²) in [5.41, 5.74) is 4.65. The first-order chi connectivity index (χ1) is 11.7. The third-order valence-corrected chi connectivity index (χ3v) is 3.91. The molecule has 1 amide bonds. The van der Waals surface area contributed by atoms with Crippen LogP contribution in [-0.2, 0) is 24.0 Å². The second-order valence-corrected chi connectivity index (χ2v) is 6.35. The van der Waals surface area contributed by atoms with E-state index in [1.807, 2.05) is 13.8 Å². The van der Waals surface area contributed by atoms with Gasteiger partial charge in [-0.15, -0.1) is 0 Å². The molecule has 0 aliphatic heterocycles. The van der Waals surface area contributed by atoms with Crippen molar-refractivity contribution in [2.45, 2.75) is 52.9 Å². The zero-order chi connectivity index (χ0) is 20.3. The highest BCUT2D eigenvalue weighted by Crippen LogP contribution is 2.13. The van der Waals surface area contributed by atoms with Crippen LogP contribution >= 0.6 is 23.5 Å². The summed E-state index contributed by atoms with van der Waals surface area (Å²) in [4.78, 5) is 52.4. The number of carboxylic acids is 2. The van der Waals surface area contributed by atoms with E-state index >= 15 is 0 Å². The standard InChI is InChI=1S/C10H14O6S2.C3H7NO.C2H6/c11-7(12)3-5-17-9(15)1-2-10(16)18-6-4-8(13)14;1-2-3(4)5;1-2/h1-6H2,(H,11,12)(H,13,14);2H2,1H3,(H2,4,5);1-2H3. The molecule has 0 bridgehead atoms. The zero-order valence-electron chi connectivity index (χ0n) is 14.8. The lowest BCUT2D eigenvalue weighted by Gasteiger charge is -1.99. The Morgan fingerprint density at radius 3 is 1.24 bits per heavy atom. The minimum absolute atomic E-state index is 0.0587. The molecule has 8 nitrogen and oxygen atoms in total. The number of carbonyl (C=O) groups excluding carboxylic acids is 3. The highest BCUT2D eigenvalue weighted by Gasteiger charge is 2.09. The second-order valence-electron chi connectivity index (χ2n) is 4.05. The lowest BCUT2D eigenvalue weighted by atomic mass is 10.4. The van der Waals surface area contributed by atoms with E-state index in [9.17, 15) is 24.0 Å². The SMILES string of the molecule is CC.CCC(N)=O.O=C(O)CCSC(=O)CCC(=O)SCCC(=O)O. The van der Waals surface area contributed by atoms with Crippen molar-refractivity contribution in [2.75, 3.05) is 11.5 Å². The highest BCUT2D eigenvalue weighted by atomic mass is 32.2. The molecule has 0 aromatic heterocycles. The first-order valence-corrected chi connectivity index (χ1v) is 9.69. The van der Waals surface area contributed by atoms with Gasteiger partial charge in [0.1, 0.15) is 0 Å². The number of nitrogens with two attached hydrogens (primary N) is 1. The maximum absolute atomic E-state index is 11.2. The molecular weight excluding hydrogens is 370 g/mol. The number of primary amides is 1. The number of amides is 1. The van der Waals surface area contributed by atoms with Crippen molar-refractivity contribution in [3.8, 4) is 0 Å². The number of aliphatic carboxylic acids is 2. The van der Waals surface area contributed by atoms with Gasteiger partial charge < -0.3 is 15.9 Å². The molecule has 0 saturated carbocycles. The molecule has 0 aliphatic carbocycles. The predicted octanol–water partition coefficient (Wildman–Crippen LogP) is 2.14. The fourth-order valence-electron chi connectivity index (χ4n) is 0.853. The maximum Gasteiger partial charge on any atom is 0.304 e. The second kappa shape index (κ2) is 20.5. The molecule has 0 aromatic rings. The van der Waals surface area contributed by atoms with Crippen LogP contribution in [0.4, 0.5) is 0 Å². The summed E-state index contributed by atoms with van der Waals surface area (Å²) in [6.07, 6.45) is 0.391. The zero-order valence-corrected chi connectivity index (χ0v) is 16.4. The summed E-state index contributed by atoms with van der Waals surface area (Å²) < 4.78 is 0. The molecule has 0 fully saturated rings. The summed E-state index contributed by atoms with van der Waals surface area (Å²) >= 11 is 1.80. The molecule has 0 spiro atoms. The molecular formula is C15H27NO7S2. The monoisotopic (exact) mass is 397 g/mol. The van der Waals surface area contributed by atoms with Crippen molar-refractivity contribution in [1.82, 2.24) is 0 Å². The Kier molecular flexibility index (Phi) is 23.2. The molecule has 0 heterocycles. The smallest absolute Gasteiger partial charge is 0.304 e. The van der Waals surface area contributed by atoms with Gasteiger partial charge >= 0.3 is 11.9 Å². The van der Waals surface area contributed by atoms with E-state index in [1.54, 1.807) is 6.92 Å². The van der Waals surface area contributed by atoms with Gasteiger partial charge in [0.05, 0.1) is 12.8 Å². The summed E-state index contributed by atoms with van der Waals surface area (Å²) in [5.74, 6) is -1.76. The van der Waals surface area contributed by atoms with E-state index in [0.717, 1.165) is 23.5 Å². The van der Waals surface area contributed by atoms with Crippen LogP contribution in [0, 0.1) is 0 Å². The van der Waals surface area contributed by atoms with Crippen molar-refractivity contribution in [1.29, 1.82) is 0 Å². The van der Waals surface area contributed by atoms with Crippen molar-refractivity contribution in [3.05, 3.63) is 0 Å². The molecule has 0 rings (SSSR count). The van der Waals surface area contributed by atoms with Crippen LogP contribution in [0.25, 0.3) is 0 Å². The fraction of sp³-hybridized carbons (Fsp3) is 0.667. The van der Waals surface area contributed by atoms with Crippen LogP contribution in [-0.4, -0.2) is 49.8 Å². The van der Waals surface area contributed by atoms with Crippen LogP contribution in [0.1, 0.15) is 52.9 Å².